The number of fused-ring (bicyclic) bond motifs is 1. The van der Waals surface area contributed by atoms with Gasteiger partial charge in [-0.05, 0) is 68.6 Å². The van der Waals surface area contributed by atoms with Gasteiger partial charge in [0.25, 0.3) is 11.5 Å². The van der Waals surface area contributed by atoms with Crippen molar-refractivity contribution in [3.05, 3.63) is 104 Å². The van der Waals surface area contributed by atoms with Crippen LogP contribution >= 0.6 is 0 Å². The van der Waals surface area contributed by atoms with Crippen LogP contribution in [0.1, 0.15) is 34.5 Å². The quantitative estimate of drug-likeness (QED) is 0.322. The van der Waals surface area contributed by atoms with E-state index in [0.717, 1.165) is 66.5 Å². The van der Waals surface area contributed by atoms with Crippen molar-refractivity contribution in [3.8, 4) is 17.3 Å². The average Bonchev–Trinajstić information content (AvgIpc) is 3.83. The Morgan fingerprint density at radius 2 is 1.84 bits per heavy atom. The zero-order chi connectivity index (χ0) is 31.2. The Morgan fingerprint density at radius 3 is 2.56 bits per heavy atom. The molecule has 0 radical (unpaired) electrons. The third kappa shape index (κ3) is 5.88. The monoisotopic (exact) mass is 615 g/mol. The molecular formula is C32H31F2N7O4. The minimum Gasteiger partial charge on any atom is -0.436 e. The molecule has 2 aliphatic heterocycles. The zero-order valence-corrected chi connectivity index (χ0v) is 24.6. The summed E-state index contributed by atoms with van der Waals surface area (Å²) in [5, 5.41) is 2.56. The van der Waals surface area contributed by atoms with Crippen molar-refractivity contribution in [1.29, 1.82) is 0 Å². The molecule has 1 aliphatic carbocycles. The Hall–Kier alpha value is -4.75. The van der Waals surface area contributed by atoms with Crippen LogP contribution in [0, 0.1) is 17.6 Å². The fourth-order valence-corrected chi connectivity index (χ4v) is 5.89. The van der Waals surface area contributed by atoms with Crippen LogP contribution in [0.25, 0.3) is 5.69 Å². The number of halogens is 2. The zero-order valence-electron chi connectivity index (χ0n) is 24.6. The van der Waals surface area contributed by atoms with Gasteiger partial charge in [0.05, 0.1) is 11.4 Å². The van der Waals surface area contributed by atoms with E-state index in [4.69, 9.17) is 4.74 Å². The molecule has 0 atom stereocenters. The number of hydrogen-bond donors (Lipinski definition) is 1. The number of aromatic nitrogens is 4. The highest BCUT2D eigenvalue weighted by Gasteiger charge is 2.33. The van der Waals surface area contributed by atoms with Gasteiger partial charge in [0.1, 0.15) is 17.7 Å². The highest BCUT2D eigenvalue weighted by atomic mass is 19.1. The maximum atomic E-state index is 15.3. The highest BCUT2D eigenvalue weighted by molar-refractivity contribution is 6.03. The lowest BCUT2D eigenvalue weighted by Gasteiger charge is -2.45. The van der Waals surface area contributed by atoms with Gasteiger partial charge in [0, 0.05) is 62.3 Å². The number of amides is 1. The predicted octanol–water partition coefficient (Wildman–Crippen LogP) is 3.19. The summed E-state index contributed by atoms with van der Waals surface area (Å²) in [6.45, 7) is 3.89. The summed E-state index contributed by atoms with van der Waals surface area (Å²) >= 11 is 0. The second-order valence-electron chi connectivity index (χ2n) is 11.9. The van der Waals surface area contributed by atoms with Crippen molar-refractivity contribution in [2.24, 2.45) is 5.92 Å². The fourth-order valence-electron chi connectivity index (χ4n) is 5.89. The number of nitrogens with one attached hydrogen (secondary N) is 1. The lowest BCUT2D eigenvalue weighted by Crippen LogP contribution is -2.58. The first-order chi connectivity index (χ1) is 21.7. The minimum absolute atomic E-state index is 0.0754. The van der Waals surface area contributed by atoms with Crippen molar-refractivity contribution in [2.75, 3.05) is 32.0 Å². The Balaban J connectivity index is 1.11. The molecule has 2 aromatic heterocycles. The second kappa shape index (κ2) is 11.6. The third-order valence-electron chi connectivity index (χ3n) is 8.59. The van der Waals surface area contributed by atoms with Gasteiger partial charge < -0.3 is 15.0 Å². The molecule has 1 saturated heterocycles. The summed E-state index contributed by atoms with van der Waals surface area (Å²) in [4.78, 5) is 53.3. The van der Waals surface area contributed by atoms with Crippen LogP contribution in [0.3, 0.4) is 0 Å². The third-order valence-corrected chi connectivity index (χ3v) is 8.59. The predicted molar refractivity (Wildman–Crippen MR) is 161 cm³/mol. The SMILES string of the molecule is CN1CC(N2CCc3c(ncnc3Oc3ccc(NC(=O)c4cn(CC5CC5)c(=O)n(-c5ccc(F)cc5)c4=O)cc3F)C2)C1. The number of benzene rings is 2. The van der Waals surface area contributed by atoms with E-state index in [9.17, 15) is 18.8 Å². The topological polar surface area (TPSA) is 115 Å². The summed E-state index contributed by atoms with van der Waals surface area (Å²) < 4.78 is 36.9. The van der Waals surface area contributed by atoms with Gasteiger partial charge in [-0.1, -0.05) is 0 Å². The summed E-state index contributed by atoms with van der Waals surface area (Å²) in [5.41, 5.74) is 0.120. The lowest BCUT2D eigenvalue weighted by molar-refractivity contribution is 0.0420. The number of rotatable bonds is 8. The van der Waals surface area contributed by atoms with Gasteiger partial charge in [0.2, 0.25) is 5.88 Å². The first-order valence-corrected chi connectivity index (χ1v) is 14.9. The number of hydrogen-bond acceptors (Lipinski definition) is 8. The molecule has 2 fully saturated rings. The first kappa shape index (κ1) is 29.0. The van der Waals surface area contributed by atoms with Crippen LogP contribution in [0.2, 0.25) is 0 Å². The van der Waals surface area contributed by atoms with Gasteiger partial charge in [-0.2, -0.15) is 0 Å². The van der Waals surface area contributed by atoms with E-state index >= 15 is 4.39 Å². The van der Waals surface area contributed by atoms with Crippen molar-refractivity contribution in [2.45, 2.75) is 38.4 Å². The number of nitrogens with zero attached hydrogens (tertiary/aromatic N) is 6. The van der Waals surface area contributed by atoms with Gasteiger partial charge in [0.15, 0.2) is 11.6 Å². The van der Waals surface area contributed by atoms with Crippen molar-refractivity contribution in [3.63, 3.8) is 0 Å². The molecule has 7 rings (SSSR count). The minimum atomic E-state index is -0.868. The lowest BCUT2D eigenvalue weighted by atomic mass is 10.0. The van der Waals surface area contributed by atoms with Gasteiger partial charge >= 0.3 is 5.69 Å². The molecule has 232 valence electrons. The van der Waals surface area contributed by atoms with Crippen LogP contribution in [0.4, 0.5) is 14.5 Å². The molecule has 1 N–H and O–H groups in total. The van der Waals surface area contributed by atoms with E-state index in [-0.39, 0.29) is 28.6 Å². The van der Waals surface area contributed by atoms with Gasteiger partial charge in [-0.25, -0.2) is 28.1 Å². The van der Waals surface area contributed by atoms with Crippen LogP contribution in [-0.4, -0.2) is 67.5 Å². The van der Waals surface area contributed by atoms with Crippen LogP contribution < -0.4 is 21.3 Å². The molecule has 1 amide bonds. The molecule has 4 heterocycles. The normalized spacial score (nSPS) is 17.0. The molecular weight excluding hydrogens is 584 g/mol. The number of likely N-dealkylation sites (tertiary alicyclic amines) is 1. The molecule has 0 spiro atoms. The molecule has 13 heteroatoms. The second-order valence-corrected chi connectivity index (χ2v) is 11.9. The Morgan fingerprint density at radius 1 is 1.07 bits per heavy atom. The van der Waals surface area contributed by atoms with Crippen LogP contribution in [0.15, 0.2) is 64.6 Å². The van der Waals surface area contributed by atoms with E-state index in [1.165, 1.54) is 41.4 Å². The summed E-state index contributed by atoms with van der Waals surface area (Å²) in [7, 11) is 2.09. The number of likely N-dealkylation sites (N-methyl/N-ethyl adjacent to an activating group) is 1. The number of carbonyl (C=O) groups excluding carboxylic acids is 1. The van der Waals surface area contributed by atoms with E-state index in [2.05, 4.69) is 32.1 Å². The van der Waals surface area contributed by atoms with E-state index in [1.807, 2.05) is 0 Å². The Labute approximate surface area is 256 Å². The van der Waals surface area contributed by atoms with Crippen molar-refractivity contribution < 1.29 is 18.3 Å². The number of anilines is 1. The standard InChI is InChI=1S/C32H31F2N7O4/c1-38-14-23(15-38)39-11-10-24-27(17-39)35-18-36-30(24)45-28-9-6-21(12-26(28)34)37-29(42)25-16-40(13-19-2-3-19)32(44)41(31(25)43)22-7-4-20(33)5-8-22/h4-9,12,16,18-19,23H,2-3,10-11,13-15,17H2,1H3,(H,37,42). The highest BCUT2D eigenvalue weighted by Crippen LogP contribution is 2.32. The molecule has 11 nitrogen and oxygen atoms in total. The molecule has 0 bridgehead atoms. The van der Waals surface area contributed by atoms with Gasteiger partial charge in [-0.3, -0.25) is 19.1 Å². The summed E-state index contributed by atoms with van der Waals surface area (Å²) in [6, 6.07) is 9.28. The number of ether oxygens (including phenoxy) is 1. The largest absolute Gasteiger partial charge is 0.436 e. The molecule has 4 aromatic rings. The molecule has 45 heavy (non-hydrogen) atoms. The van der Waals surface area contributed by atoms with Gasteiger partial charge in [-0.15, -0.1) is 0 Å². The molecule has 0 unspecified atom stereocenters. The first-order valence-electron chi connectivity index (χ1n) is 14.9. The fraction of sp³-hybridized carbons (Fsp3) is 0.344. The van der Waals surface area contributed by atoms with Crippen LogP contribution in [0.5, 0.6) is 11.6 Å². The van der Waals surface area contributed by atoms with E-state index in [0.29, 0.717) is 31.4 Å². The molecule has 2 aromatic carbocycles. The van der Waals surface area contributed by atoms with Crippen molar-refractivity contribution >= 4 is 11.6 Å². The summed E-state index contributed by atoms with van der Waals surface area (Å²) in [5.74, 6) is -1.60. The summed E-state index contributed by atoms with van der Waals surface area (Å²) in [6.07, 6.45) is 5.20. The van der Waals surface area contributed by atoms with E-state index < -0.39 is 28.8 Å². The molecule has 3 aliphatic rings. The van der Waals surface area contributed by atoms with E-state index in [1.54, 1.807) is 0 Å². The maximum Gasteiger partial charge on any atom is 0.335 e. The molecule has 1 saturated carbocycles. The Kier molecular flexibility index (Phi) is 7.50. The van der Waals surface area contributed by atoms with Crippen LogP contribution in [-0.2, 0) is 19.5 Å². The maximum absolute atomic E-state index is 15.3. The Bertz CT molecular complexity index is 1900. The average molecular weight is 616 g/mol. The number of carbonyl (C=O) groups is 1. The smallest absolute Gasteiger partial charge is 0.335 e. The van der Waals surface area contributed by atoms with Crippen molar-refractivity contribution in [1.82, 2.24) is 28.9 Å².